The van der Waals surface area contributed by atoms with E-state index in [-0.39, 0.29) is 31.5 Å². The van der Waals surface area contributed by atoms with Crippen molar-refractivity contribution in [1.29, 1.82) is 0 Å². The molecule has 0 radical (unpaired) electrons. The molecule has 0 aromatic heterocycles. The van der Waals surface area contributed by atoms with Gasteiger partial charge in [0, 0.05) is 32.6 Å². The van der Waals surface area contributed by atoms with Gasteiger partial charge in [-0.1, -0.05) is 58.3 Å². The molecule has 0 fully saturated rings. The molecule has 1 atom stereocenters. The van der Waals surface area contributed by atoms with Gasteiger partial charge in [0.1, 0.15) is 19.2 Å². The van der Waals surface area contributed by atoms with Gasteiger partial charge in [0.25, 0.3) is 0 Å². The van der Waals surface area contributed by atoms with Crippen molar-refractivity contribution < 1.29 is 37.0 Å². The highest BCUT2D eigenvalue weighted by molar-refractivity contribution is 5.75. The number of carbonyl (C=O) groups is 1. The lowest BCUT2D eigenvalue weighted by molar-refractivity contribution is -0.893. The topological polar surface area (TPSA) is 93.0 Å². The first-order valence-corrected chi connectivity index (χ1v) is 12.1. The lowest BCUT2D eigenvalue weighted by atomic mass is 10.1. The van der Waals surface area contributed by atoms with Crippen molar-refractivity contribution in [3.63, 3.8) is 0 Å². The van der Waals surface area contributed by atoms with Crippen LogP contribution in [0.3, 0.4) is 0 Å². The molecule has 8 heteroatoms. The number of aliphatic hydroxyl groups is 3. The number of amides is 1. The smallest absolute Gasteiger partial charge is 0.220 e. The number of carbonyl (C=O) groups excluding carboxylic acids is 1. The van der Waals surface area contributed by atoms with Crippen molar-refractivity contribution in [1.82, 2.24) is 10.2 Å². The normalized spacial score (nSPS) is 12.6. The van der Waals surface area contributed by atoms with Gasteiger partial charge < -0.3 is 37.5 Å². The molecule has 0 aliphatic carbocycles. The zero-order chi connectivity index (χ0) is 22.7. The Kier molecular flexibility index (Phi) is 22.6. The molecule has 188 valence electrons. The zero-order valence-electron chi connectivity index (χ0n) is 20.3. The van der Waals surface area contributed by atoms with Gasteiger partial charge in [-0.3, -0.25) is 9.69 Å². The minimum Gasteiger partial charge on any atom is -1.00 e. The van der Waals surface area contributed by atoms with E-state index in [9.17, 15) is 15.0 Å². The molecule has 7 nitrogen and oxygen atoms in total. The van der Waals surface area contributed by atoms with E-state index < -0.39 is 6.10 Å². The van der Waals surface area contributed by atoms with Crippen LogP contribution in [-0.2, 0) is 4.79 Å². The molecular weight excluding hydrogens is 418 g/mol. The SMILES string of the molecule is CCCCCCCCCCCC(=O)NCCN(CCO)CC(O)C[N+](C)(C)CCO.[Cl-]. The Hall–Kier alpha value is -0.440. The van der Waals surface area contributed by atoms with Crippen molar-refractivity contribution in [2.75, 3.05) is 66.6 Å². The average Bonchev–Trinajstić information content (AvgIpc) is 2.66. The van der Waals surface area contributed by atoms with Gasteiger partial charge in [-0.2, -0.15) is 0 Å². The van der Waals surface area contributed by atoms with Crippen LogP contribution in [0.15, 0.2) is 0 Å². The van der Waals surface area contributed by atoms with Crippen LogP contribution in [0.4, 0.5) is 0 Å². The van der Waals surface area contributed by atoms with Gasteiger partial charge in [0.2, 0.25) is 5.91 Å². The summed E-state index contributed by atoms with van der Waals surface area (Å²) in [5.41, 5.74) is 0. The number of hydrogen-bond acceptors (Lipinski definition) is 5. The summed E-state index contributed by atoms with van der Waals surface area (Å²) in [4.78, 5) is 14.0. The third-order valence-corrected chi connectivity index (χ3v) is 5.55. The van der Waals surface area contributed by atoms with Crippen molar-refractivity contribution in [2.45, 2.75) is 77.2 Å². The third-order valence-electron chi connectivity index (χ3n) is 5.55. The third kappa shape index (κ3) is 21.2. The summed E-state index contributed by atoms with van der Waals surface area (Å²) in [6.45, 7) is 5.52. The maximum Gasteiger partial charge on any atom is 0.220 e. The van der Waals surface area contributed by atoms with Crippen LogP contribution in [0.2, 0.25) is 0 Å². The van der Waals surface area contributed by atoms with Crippen molar-refractivity contribution in [3.05, 3.63) is 0 Å². The van der Waals surface area contributed by atoms with E-state index in [1.807, 2.05) is 19.0 Å². The molecule has 1 unspecified atom stereocenters. The number of hydrogen-bond donors (Lipinski definition) is 4. The molecule has 0 aromatic carbocycles. The second-order valence-electron chi connectivity index (χ2n) is 9.17. The van der Waals surface area contributed by atoms with Gasteiger partial charge >= 0.3 is 0 Å². The summed E-state index contributed by atoms with van der Waals surface area (Å²) < 4.78 is 0.542. The maximum atomic E-state index is 12.0. The second kappa shape index (κ2) is 21.4. The Morgan fingerprint density at radius 1 is 0.935 bits per heavy atom. The van der Waals surface area contributed by atoms with Crippen LogP contribution < -0.4 is 17.7 Å². The van der Waals surface area contributed by atoms with Crippen molar-refractivity contribution >= 4 is 5.91 Å². The van der Waals surface area contributed by atoms with E-state index >= 15 is 0 Å². The Labute approximate surface area is 197 Å². The van der Waals surface area contributed by atoms with Crippen LogP contribution in [0.5, 0.6) is 0 Å². The summed E-state index contributed by atoms with van der Waals surface area (Å²) in [7, 11) is 3.95. The Bertz CT molecular complexity index is 414. The number of nitrogens with one attached hydrogen (secondary N) is 1. The highest BCUT2D eigenvalue weighted by Gasteiger charge is 2.22. The van der Waals surface area contributed by atoms with Gasteiger partial charge in [0.05, 0.1) is 27.3 Å². The van der Waals surface area contributed by atoms with Gasteiger partial charge in [-0.15, -0.1) is 0 Å². The first-order valence-electron chi connectivity index (χ1n) is 12.1. The fraction of sp³-hybridized carbons (Fsp3) is 0.957. The summed E-state index contributed by atoms with van der Waals surface area (Å²) in [6.07, 6.45) is 11.2. The van der Waals surface area contributed by atoms with Crippen LogP contribution in [0.1, 0.15) is 71.1 Å². The van der Waals surface area contributed by atoms with Gasteiger partial charge in [-0.25, -0.2) is 0 Å². The van der Waals surface area contributed by atoms with E-state index in [2.05, 4.69) is 12.2 Å². The quantitative estimate of drug-likeness (QED) is 0.125. The Morgan fingerprint density at radius 3 is 2.06 bits per heavy atom. The Balaban J connectivity index is 0. The first-order chi connectivity index (χ1) is 14.3. The van der Waals surface area contributed by atoms with E-state index in [1.54, 1.807) is 0 Å². The molecule has 0 bridgehead atoms. The lowest BCUT2D eigenvalue weighted by Crippen LogP contribution is -3.00. The van der Waals surface area contributed by atoms with E-state index in [0.29, 0.717) is 50.2 Å². The van der Waals surface area contributed by atoms with Crippen LogP contribution in [0.25, 0.3) is 0 Å². The van der Waals surface area contributed by atoms with E-state index in [4.69, 9.17) is 5.11 Å². The molecule has 1 amide bonds. The van der Waals surface area contributed by atoms with Crippen LogP contribution in [0, 0.1) is 0 Å². The standard InChI is InChI=1S/C23H49N3O4.ClH/c1-4-5-6-7-8-9-10-11-12-13-23(30)24-14-15-25(16-18-27)20-22(29)21-26(2,3)17-19-28;/h22,27-29H,4-21H2,1-3H3;1H. The number of quaternary nitrogens is 1. The van der Waals surface area contributed by atoms with Gasteiger partial charge in [-0.05, 0) is 6.42 Å². The summed E-state index contributed by atoms with van der Waals surface area (Å²) in [6, 6.07) is 0. The fourth-order valence-electron chi connectivity index (χ4n) is 3.76. The molecule has 0 heterocycles. The molecule has 0 aliphatic rings. The van der Waals surface area contributed by atoms with Crippen LogP contribution >= 0.6 is 0 Å². The lowest BCUT2D eigenvalue weighted by Gasteiger charge is -2.33. The minimum atomic E-state index is -0.546. The van der Waals surface area contributed by atoms with Crippen molar-refractivity contribution in [2.24, 2.45) is 0 Å². The molecule has 0 aromatic rings. The fourth-order valence-corrected chi connectivity index (χ4v) is 3.76. The zero-order valence-corrected chi connectivity index (χ0v) is 21.1. The summed E-state index contributed by atoms with van der Waals surface area (Å²) in [5, 5.41) is 31.7. The second-order valence-corrected chi connectivity index (χ2v) is 9.17. The van der Waals surface area contributed by atoms with Gasteiger partial charge in [0.15, 0.2) is 0 Å². The highest BCUT2D eigenvalue weighted by Crippen LogP contribution is 2.10. The number of unbranched alkanes of at least 4 members (excludes halogenated alkanes) is 8. The number of aliphatic hydroxyl groups excluding tert-OH is 3. The molecule has 0 saturated carbocycles. The highest BCUT2D eigenvalue weighted by atomic mass is 35.5. The molecule has 0 aliphatic heterocycles. The largest absolute Gasteiger partial charge is 1.00 e. The summed E-state index contributed by atoms with van der Waals surface area (Å²) >= 11 is 0. The first kappa shape index (κ1) is 32.7. The maximum absolute atomic E-state index is 12.0. The van der Waals surface area contributed by atoms with Crippen LogP contribution in [-0.4, -0.2) is 103 Å². The predicted octanol–water partition coefficient (Wildman–Crippen LogP) is -1.25. The van der Waals surface area contributed by atoms with E-state index in [1.165, 1.54) is 44.9 Å². The molecule has 0 saturated heterocycles. The average molecular weight is 468 g/mol. The number of likely N-dealkylation sites (N-methyl/N-ethyl adjacent to an activating group) is 1. The Morgan fingerprint density at radius 2 is 1.52 bits per heavy atom. The number of nitrogens with zero attached hydrogens (tertiary/aromatic N) is 2. The van der Waals surface area contributed by atoms with Crippen molar-refractivity contribution in [3.8, 4) is 0 Å². The monoisotopic (exact) mass is 467 g/mol. The number of rotatable bonds is 21. The molecule has 31 heavy (non-hydrogen) atoms. The molecule has 0 spiro atoms. The molecule has 4 N–H and O–H groups in total. The predicted molar refractivity (Wildman–Crippen MR) is 123 cm³/mol. The minimum absolute atomic E-state index is 0. The number of halogens is 1. The van der Waals surface area contributed by atoms with E-state index in [0.717, 1.165) is 12.8 Å². The molecular formula is C23H50ClN3O4. The molecule has 0 rings (SSSR count). The summed E-state index contributed by atoms with van der Waals surface area (Å²) in [5.74, 6) is 0.0863.